The molecule has 0 aromatic carbocycles. The van der Waals surface area contributed by atoms with Gasteiger partial charge in [-0.05, 0) is 59.2 Å². The van der Waals surface area contributed by atoms with Crippen molar-refractivity contribution >= 4 is 11.8 Å². The first-order valence-electron chi connectivity index (χ1n) is 14.3. The predicted octanol–water partition coefficient (Wildman–Crippen LogP) is 2.86. The molecule has 9 nitrogen and oxygen atoms in total. The number of rotatable bonds is 5. The van der Waals surface area contributed by atoms with Gasteiger partial charge in [-0.2, -0.15) is 0 Å². The Kier molecular flexibility index (Phi) is 13.3. The maximum atomic E-state index is 13.0. The standard InChI is InChI=1S/C30H51NO8/c1-9-26-22(16-32)12-17(2)10-11-24(33)18(3)13-19(4)29(21(6)25(34)15-27(35)38-26)39-30-28(36)23(31(7)8)14-20(5)37-30/h10-12,18-23,25-26,28-30,32,34,36H,9,13-16H2,1-8H3/b11-10+,17-12-/t18?,19?,20-,21?,22?,23+,25?,26?,28-,29?,30+/m1/s1. The smallest absolute Gasteiger partial charge is 0.308 e. The number of esters is 1. The Morgan fingerprint density at radius 3 is 2.33 bits per heavy atom. The van der Waals surface area contributed by atoms with Gasteiger partial charge in [-0.3, -0.25) is 9.59 Å². The molecule has 2 heterocycles. The molecule has 0 saturated carbocycles. The average Bonchev–Trinajstić information content (AvgIpc) is 2.87. The molecule has 224 valence electrons. The minimum atomic E-state index is -1.09. The number of nitrogens with zero attached hydrogens (tertiary/aromatic N) is 1. The number of hydrogen-bond donors (Lipinski definition) is 3. The molecule has 0 spiro atoms. The minimum Gasteiger partial charge on any atom is -0.462 e. The van der Waals surface area contributed by atoms with Crippen molar-refractivity contribution < 1.29 is 39.1 Å². The van der Waals surface area contributed by atoms with Gasteiger partial charge in [0.15, 0.2) is 12.1 Å². The van der Waals surface area contributed by atoms with Gasteiger partial charge in [-0.1, -0.05) is 45.4 Å². The summed E-state index contributed by atoms with van der Waals surface area (Å²) < 4.78 is 18.1. The van der Waals surface area contributed by atoms with Crippen LogP contribution in [0.25, 0.3) is 0 Å². The van der Waals surface area contributed by atoms with Crippen LogP contribution in [-0.4, -0.2) is 95.5 Å². The molecule has 2 aliphatic rings. The highest BCUT2D eigenvalue weighted by Crippen LogP contribution is 2.32. The van der Waals surface area contributed by atoms with Crippen LogP contribution in [0.2, 0.25) is 0 Å². The zero-order chi connectivity index (χ0) is 29.4. The average molecular weight is 554 g/mol. The van der Waals surface area contributed by atoms with Crippen molar-refractivity contribution in [1.82, 2.24) is 4.90 Å². The lowest BCUT2D eigenvalue weighted by molar-refractivity contribution is -0.282. The van der Waals surface area contributed by atoms with Crippen LogP contribution in [0.3, 0.4) is 0 Å². The van der Waals surface area contributed by atoms with E-state index in [-0.39, 0.29) is 42.8 Å². The Bertz CT molecular complexity index is 858. The lowest BCUT2D eigenvalue weighted by atomic mass is 9.82. The van der Waals surface area contributed by atoms with E-state index in [2.05, 4.69) is 0 Å². The number of carbonyl (C=O) groups excluding carboxylic acids is 2. The number of carbonyl (C=O) groups is 2. The summed E-state index contributed by atoms with van der Waals surface area (Å²) in [7, 11) is 3.80. The summed E-state index contributed by atoms with van der Waals surface area (Å²) >= 11 is 0. The van der Waals surface area contributed by atoms with Crippen LogP contribution in [0.5, 0.6) is 0 Å². The van der Waals surface area contributed by atoms with E-state index in [1.54, 1.807) is 19.1 Å². The Labute approximate surface area is 234 Å². The number of ketones is 1. The summed E-state index contributed by atoms with van der Waals surface area (Å²) in [5, 5.41) is 32.2. The topological polar surface area (TPSA) is 126 Å². The zero-order valence-corrected chi connectivity index (χ0v) is 24.9. The maximum Gasteiger partial charge on any atom is 0.308 e. The van der Waals surface area contributed by atoms with E-state index in [9.17, 15) is 24.9 Å². The molecule has 7 unspecified atom stereocenters. The van der Waals surface area contributed by atoms with Crippen LogP contribution in [0.4, 0.5) is 0 Å². The fourth-order valence-corrected chi connectivity index (χ4v) is 5.71. The molecule has 3 N–H and O–H groups in total. The van der Waals surface area contributed by atoms with Gasteiger partial charge in [0.2, 0.25) is 0 Å². The van der Waals surface area contributed by atoms with Gasteiger partial charge < -0.3 is 34.4 Å². The van der Waals surface area contributed by atoms with Gasteiger partial charge in [0, 0.05) is 23.8 Å². The van der Waals surface area contributed by atoms with Gasteiger partial charge in [0.1, 0.15) is 12.2 Å². The third-order valence-corrected chi connectivity index (χ3v) is 8.20. The van der Waals surface area contributed by atoms with Crippen LogP contribution >= 0.6 is 0 Å². The van der Waals surface area contributed by atoms with Gasteiger partial charge in [0.25, 0.3) is 0 Å². The molecule has 0 amide bonds. The number of aliphatic hydroxyl groups excluding tert-OH is 3. The summed E-state index contributed by atoms with van der Waals surface area (Å²) in [6, 6.07) is -0.164. The molecule has 2 rings (SSSR count). The molecule has 0 bridgehead atoms. The molecule has 39 heavy (non-hydrogen) atoms. The molecule has 0 aliphatic carbocycles. The van der Waals surface area contributed by atoms with Crippen LogP contribution < -0.4 is 0 Å². The van der Waals surface area contributed by atoms with Crippen molar-refractivity contribution in [3.8, 4) is 0 Å². The second kappa shape index (κ2) is 15.4. The van der Waals surface area contributed by atoms with Crippen LogP contribution in [0.1, 0.15) is 67.2 Å². The first kappa shape index (κ1) is 33.6. The van der Waals surface area contributed by atoms with Crippen LogP contribution in [0, 0.1) is 23.7 Å². The minimum absolute atomic E-state index is 0.0390. The fraction of sp³-hybridized carbons (Fsp3) is 0.800. The first-order chi connectivity index (χ1) is 18.3. The lowest BCUT2D eigenvalue weighted by Gasteiger charge is -2.44. The third kappa shape index (κ3) is 9.47. The van der Waals surface area contributed by atoms with Crippen molar-refractivity contribution in [2.24, 2.45) is 23.7 Å². The Balaban J connectivity index is 2.40. The van der Waals surface area contributed by atoms with Crippen molar-refractivity contribution in [3.05, 3.63) is 23.8 Å². The second-order valence-electron chi connectivity index (χ2n) is 11.8. The van der Waals surface area contributed by atoms with Crippen molar-refractivity contribution in [2.75, 3.05) is 20.7 Å². The third-order valence-electron chi connectivity index (χ3n) is 8.20. The van der Waals surface area contributed by atoms with E-state index < -0.39 is 48.5 Å². The Hall–Kier alpha value is -1.62. The van der Waals surface area contributed by atoms with E-state index in [1.165, 1.54) is 0 Å². The SMILES string of the molecule is CCC1OC(=O)CC(O)C(C)C(O[C@@H]2O[C@H](C)C[C@H](N(C)C)[C@H]2O)C(C)CC(C)C(=O)/C=C/C(C)=C\C1CO. The fourth-order valence-electron chi connectivity index (χ4n) is 5.71. The summed E-state index contributed by atoms with van der Waals surface area (Å²) in [4.78, 5) is 27.8. The number of hydrogen-bond acceptors (Lipinski definition) is 9. The van der Waals surface area contributed by atoms with E-state index >= 15 is 0 Å². The number of likely N-dealkylation sites (N-methyl/N-ethyl adjacent to an activating group) is 1. The number of cyclic esters (lactones) is 1. The lowest BCUT2D eigenvalue weighted by Crippen LogP contribution is -2.56. The van der Waals surface area contributed by atoms with Gasteiger partial charge in [-0.15, -0.1) is 0 Å². The second-order valence-corrected chi connectivity index (χ2v) is 11.8. The quantitative estimate of drug-likeness (QED) is 0.441. The van der Waals surface area contributed by atoms with E-state index in [0.717, 1.165) is 5.57 Å². The number of aliphatic hydroxyl groups is 3. The van der Waals surface area contributed by atoms with Crippen LogP contribution in [-0.2, 0) is 23.8 Å². The first-order valence-corrected chi connectivity index (χ1v) is 14.3. The molecule has 1 saturated heterocycles. The Morgan fingerprint density at radius 2 is 1.74 bits per heavy atom. The highest BCUT2D eigenvalue weighted by molar-refractivity contribution is 5.91. The van der Waals surface area contributed by atoms with Crippen LogP contribution in [0.15, 0.2) is 23.8 Å². The highest BCUT2D eigenvalue weighted by Gasteiger charge is 2.42. The highest BCUT2D eigenvalue weighted by atomic mass is 16.7. The molecule has 9 heteroatoms. The molecule has 1 fully saturated rings. The van der Waals surface area contributed by atoms with Crippen molar-refractivity contribution in [1.29, 1.82) is 0 Å². The Morgan fingerprint density at radius 1 is 1.08 bits per heavy atom. The van der Waals surface area contributed by atoms with E-state index in [1.807, 2.05) is 59.7 Å². The van der Waals surface area contributed by atoms with Crippen molar-refractivity contribution in [2.45, 2.75) is 110 Å². The summed E-state index contributed by atoms with van der Waals surface area (Å²) in [6.07, 6.45) is 2.20. The zero-order valence-electron chi connectivity index (χ0n) is 24.9. The summed E-state index contributed by atoms with van der Waals surface area (Å²) in [6.45, 7) is 11.0. The molecule has 0 aromatic rings. The summed E-state index contributed by atoms with van der Waals surface area (Å²) in [5.41, 5.74) is 0.784. The normalized spacial score (nSPS) is 42.1. The summed E-state index contributed by atoms with van der Waals surface area (Å²) in [5.74, 6) is -2.08. The predicted molar refractivity (Wildman–Crippen MR) is 149 cm³/mol. The van der Waals surface area contributed by atoms with E-state index in [4.69, 9.17) is 14.2 Å². The maximum absolute atomic E-state index is 13.0. The number of ether oxygens (including phenoxy) is 3. The molecular formula is C30H51NO8. The van der Waals surface area contributed by atoms with Gasteiger partial charge >= 0.3 is 5.97 Å². The number of allylic oxidation sites excluding steroid dienone is 3. The van der Waals surface area contributed by atoms with Gasteiger partial charge in [-0.25, -0.2) is 0 Å². The monoisotopic (exact) mass is 553 g/mol. The largest absolute Gasteiger partial charge is 0.462 e. The van der Waals surface area contributed by atoms with Gasteiger partial charge in [0.05, 0.1) is 31.3 Å². The van der Waals surface area contributed by atoms with E-state index in [0.29, 0.717) is 19.3 Å². The molecule has 0 aromatic heterocycles. The molecule has 2 aliphatic heterocycles. The molecule has 0 radical (unpaired) electrons. The molecular weight excluding hydrogens is 502 g/mol. The van der Waals surface area contributed by atoms with Crippen molar-refractivity contribution in [3.63, 3.8) is 0 Å². The molecule has 11 atom stereocenters.